The van der Waals surface area contributed by atoms with Gasteiger partial charge in [0.2, 0.25) is 0 Å². The molecule has 0 bridgehead atoms. The molecule has 0 atom stereocenters. The predicted octanol–water partition coefficient (Wildman–Crippen LogP) is 3.30. The molecule has 0 fully saturated rings. The van der Waals surface area contributed by atoms with E-state index in [0.29, 0.717) is 0 Å². The summed E-state index contributed by atoms with van der Waals surface area (Å²) in [5, 5.41) is 10.5. The molecule has 0 spiro atoms. The highest BCUT2D eigenvalue weighted by molar-refractivity contribution is 5.39. The maximum atomic E-state index is 13.1. The lowest BCUT2D eigenvalue weighted by molar-refractivity contribution is -0.385. The van der Waals surface area contributed by atoms with Crippen molar-refractivity contribution in [2.75, 3.05) is 0 Å². The summed E-state index contributed by atoms with van der Waals surface area (Å²) in [6.07, 6.45) is 0.720. The van der Waals surface area contributed by atoms with Crippen molar-refractivity contribution in [1.29, 1.82) is 0 Å². The summed E-state index contributed by atoms with van der Waals surface area (Å²) in [4.78, 5) is 9.88. The SMILES string of the molecule is CCC(C)(C)Oc1cc(F)cc([N+](=O)[O-])c1. The molecular formula is C11H14FNO3. The van der Waals surface area contributed by atoms with Gasteiger partial charge in [-0.3, -0.25) is 10.1 Å². The smallest absolute Gasteiger partial charge is 0.276 e. The van der Waals surface area contributed by atoms with Crippen molar-refractivity contribution in [1.82, 2.24) is 0 Å². The Morgan fingerprint density at radius 3 is 2.56 bits per heavy atom. The van der Waals surface area contributed by atoms with Crippen LogP contribution in [0.2, 0.25) is 0 Å². The molecule has 0 heterocycles. The van der Waals surface area contributed by atoms with Crippen molar-refractivity contribution in [3.8, 4) is 5.75 Å². The van der Waals surface area contributed by atoms with E-state index in [1.807, 2.05) is 20.8 Å². The van der Waals surface area contributed by atoms with Crippen LogP contribution < -0.4 is 4.74 Å². The first-order chi connectivity index (χ1) is 7.34. The second-order valence-corrected chi connectivity index (χ2v) is 4.12. The molecule has 0 unspecified atom stereocenters. The molecule has 0 aliphatic heterocycles. The third-order valence-electron chi connectivity index (χ3n) is 2.31. The zero-order chi connectivity index (χ0) is 12.3. The highest BCUT2D eigenvalue weighted by Gasteiger charge is 2.19. The fourth-order valence-corrected chi connectivity index (χ4v) is 1.10. The maximum absolute atomic E-state index is 13.1. The average Bonchev–Trinajstić information content (AvgIpc) is 2.16. The van der Waals surface area contributed by atoms with Gasteiger partial charge in [0, 0.05) is 6.07 Å². The van der Waals surface area contributed by atoms with Crippen molar-refractivity contribution < 1.29 is 14.1 Å². The van der Waals surface area contributed by atoms with Gasteiger partial charge in [0.15, 0.2) is 0 Å². The normalized spacial score (nSPS) is 11.2. The van der Waals surface area contributed by atoms with Gasteiger partial charge in [0.05, 0.1) is 17.1 Å². The number of rotatable bonds is 4. The third-order valence-corrected chi connectivity index (χ3v) is 2.31. The highest BCUT2D eigenvalue weighted by Crippen LogP contribution is 2.26. The van der Waals surface area contributed by atoms with Crippen LogP contribution >= 0.6 is 0 Å². The van der Waals surface area contributed by atoms with E-state index in [2.05, 4.69) is 0 Å². The monoisotopic (exact) mass is 227 g/mol. The lowest BCUT2D eigenvalue weighted by atomic mass is 10.1. The van der Waals surface area contributed by atoms with E-state index in [0.717, 1.165) is 18.6 Å². The number of hydrogen-bond acceptors (Lipinski definition) is 3. The van der Waals surface area contributed by atoms with Crippen LogP contribution in [0.15, 0.2) is 18.2 Å². The summed E-state index contributed by atoms with van der Waals surface area (Å²) >= 11 is 0. The van der Waals surface area contributed by atoms with E-state index in [9.17, 15) is 14.5 Å². The molecule has 0 aliphatic rings. The number of hydrogen-bond donors (Lipinski definition) is 0. The van der Waals surface area contributed by atoms with Crippen molar-refractivity contribution in [3.63, 3.8) is 0 Å². The summed E-state index contributed by atoms with van der Waals surface area (Å²) in [7, 11) is 0. The minimum absolute atomic E-state index is 0.179. The molecule has 4 nitrogen and oxygen atoms in total. The van der Waals surface area contributed by atoms with Crippen molar-refractivity contribution in [3.05, 3.63) is 34.1 Å². The van der Waals surface area contributed by atoms with Crippen LogP contribution in [0.4, 0.5) is 10.1 Å². The van der Waals surface area contributed by atoms with Crippen molar-refractivity contribution in [2.24, 2.45) is 0 Å². The number of ether oxygens (including phenoxy) is 1. The Kier molecular flexibility index (Phi) is 3.47. The van der Waals surface area contributed by atoms with Crippen LogP contribution in [0, 0.1) is 15.9 Å². The molecule has 0 saturated heterocycles. The zero-order valence-corrected chi connectivity index (χ0v) is 9.49. The molecule has 0 N–H and O–H groups in total. The molecular weight excluding hydrogens is 213 g/mol. The molecule has 1 aromatic carbocycles. The van der Waals surface area contributed by atoms with Gasteiger partial charge < -0.3 is 4.74 Å². The second kappa shape index (κ2) is 4.47. The molecule has 16 heavy (non-hydrogen) atoms. The minimum atomic E-state index is -0.670. The first-order valence-corrected chi connectivity index (χ1v) is 4.98. The first kappa shape index (κ1) is 12.4. The van der Waals surface area contributed by atoms with E-state index in [1.165, 1.54) is 6.07 Å². The summed E-state index contributed by atoms with van der Waals surface area (Å²) in [5.41, 5.74) is -0.774. The van der Waals surface area contributed by atoms with Gasteiger partial charge in [-0.15, -0.1) is 0 Å². The Morgan fingerprint density at radius 2 is 2.06 bits per heavy atom. The summed E-state index contributed by atoms with van der Waals surface area (Å²) in [6, 6.07) is 3.23. The van der Waals surface area contributed by atoms with Crippen LogP contribution in [0.3, 0.4) is 0 Å². The minimum Gasteiger partial charge on any atom is -0.488 e. The van der Waals surface area contributed by atoms with Crippen LogP contribution in [0.25, 0.3) is 0 Å². The molecule has 0 saturated carbocycles. The first-order valence-electron chi connectivity index (χ1n) is 4.98. The van der Waals surface area contributed by atoms with Crippen LogP contribution in [0.5, 0.6) is 5.75 Å². The number of nitro groups is 1. The number of non-ortho nitro benzene ring substituents is 1. The van der Waals surface area contributed by atoms with Gasteiger partial charge in [-0.05, 0) is 20.3 Å². The highest BCUT2D eigenvalue weighted by atomic mass is 19.1. The lowest BCUT2D eigenvalue weighted by Gasteiger charge is -2.24. The Hall–Kier alpha value is -1.65. The zero-order valence-electron chi connectivity index (χ0n) is 9.49. The van der Waals surface area contributed by atoms with Gasteiger partial charge in [-0.2, -0.15) is 0 Å². The number of nitro benzene ring substituents is 1. The Balaban J connectivity index is 3.01. The molecule has 0 aliphatic carbocycles. The van der Waals surface area contributed by atoms with Gasteiger partial charge in [-0.25, -0.2) is 4.39 Å². The fourth-order valence-electron chi connectivity index (χ4n) is 1.10. The summed E-state index contributed by atoms with van der Waals surface area (Å²) in [6.45, 7) is 5.60. The van der Waals surface area contributed by atoms with Gasteiger partial charge in [0.25, 0.3) is 5.69 Å². The van der Waals surface area contributed by atoms with Crippen molar-refractivity contribution >= 4 is 5.69 Å². The Morgan fingerprint density at radius 1 is 1.44 bits per heavy atom. The molecule has 1 rings (SSSR count). The second-order valence-electron chi connectivity index (χ2n) is 4.12. The van der Waals surface area contributed by atoms with E-state index >= 15 is 0 Å². The quantitative estimate of drug-likeness (QED) is 0.585. The molecule has 5 heteroatoms. The summed E-state index contributed by atoms with van der Waals surface area (Å²) in [5.74, 6) is -0.491. The van der Waals surface area contributed by atoms with E-state index in [-0.39, 0.29) is 11.4 Å². The van der Waals surface area contributed by atoms with E-state index in [1.54, 1.807) is 0 Å². The van der Waals surface area contributed by atoms with Gasteiger partial charge in [0.1, 0.15) is 17.2 Å². The average molecular weight is 227 g/mol. The number of halogens is 1. The van der Waals surface area contributed by atoms with E-state index < -0.39 is 16.3 Å². The van der Waals surface area contributed by atoms with Gasteiger partial charge in [-0.1, -0.05) is 6.92 Å². The lowest BCUT2D eigenvalue weighted by Crippen LogP contribution is -2.26. The van der Waals surface area contributed by atoms with Gasteiger partial charge >= 0.3 is 0 Å². The summed E-state index contributed by atoms with van der Waals surface area (Å²) < 4.78 is 18.6. The Labute approximate surface area is 93.2 Å². The van der Waals surface area contributed by atoms with E-state index in [4.69, 9.17) is 4.74 Å². The largest absolute Gasteiger partial charge is 0.488 e. The molecule has 0 radical (unpaired) electrons. The molecule has 88 valence electrons. The Bertz CT molecular complexity index is 404. The third kappa shape index (κ3) is 3.18. The number of nitrogens with zero attached hydrogens (tertiary/aromatic N) is 1. The fraction of sp³-hybridized carbons (Fsp3) is 0.455. The van der Waals surface area contributed by atoms with Crippen LogP contribution in [-0.4, -0.2) is 10.5 Å². The van der Waals surface area contributed by atoms with Crippen LogP contribution in [-0.2, 0) is 0 Å². The van der Waals surface area contributed by atoms with Crippen molar-refractivity contribution in [2.45, 2.75) is 32.8 Å². The molecule has 1 aromatic rings. The number of benzene rings is 1. The standard InChI is InChI=1S/C11H14FNO3/c1-4-11(2,3)16-10-6-8(12)5-9(7-10)13(14)15/h5-7H,4H2,1-3H3. The van der Waals surface area contributed by atoms with Crippen LogP contribution in [0.1, 0.15) is 27.2 Å². The topological polar surface area (TPSA) is 52.4 Å². The maximum Gasteiger partial charge on any atom is 0.276 e. The predicted molar refractivity (Wildman–Crippen MR) is 58.1 cm³/mol. The molecule has 0 amide bonds. The molecule has 0 aromatic heterocycles.